The number of phenolic OH excluding ortho intramolecular Hbond substituents is 1. The van der Waals surface area contributed by atoms with Crippen LogP contribution in [-0.4, -0.2) is 5.11 Å². The third kappa shape index (κ3) is 14.7. The van der Waals surface area contributed by atoms with E-state index >= 15 is 0 Å². The standard InChI is InChI=1S/C36H66O/c1-7-10-13-14-15-16-17-18-19-20-21-22-23-24-27-30(4)33-28-34(31(5)25-11-8-2)36(37)35(29-33)32(6)26-12-9-3/h28-32,37H,7-27H2,1-6H3. The molecule has 1 aromatic carbocycles. The van der Waals surface area contributed by atoms with Gasteiger partial charge in [-0.3, -0.25) is 0 Å². The van der Waals surface area contributed by atoms with E-state index in [1.165, 1.54) is 152 Å². The van der Waals surface area contributed by atoms with Crippen LogP contribution in [0, 0.1) is 0 Å². The Morgan fingerprint density at radius 3 is 1.16 bits per heavy atom. The lowest BCUT2D eigenvalue weighted by Gasteiger charge is -2.23. The van der Waals surface area contributed by atoms with Crippen molar-refractivity contribution in [2.45, 2.75) is 194 Å². The summed E-state index contributed by atoms with van der Waals surface area (Å²) in [4.78, 5) is 0. The molecule has 3 unspecified atom stereocenters. The van der Waals surface area contributed by atoms with Crippen molar-refractivity contribution >= 4 is 0 Å². The van der Waals surface area contributed by atoms with Crippen molar-refractivity contribution in [2.75, 3.05) is 0 Å². The van der Waals surface area contributed by atoms with E-state index in [4.69, 9.17) is 0 Å². The summed E-state index contributed by atoms with van der Waals surface area (Å²) >= 11 is 0. The van der Waals surface area contributed by atoms with Gasteiger partial charge < -0.3 is 5.11 Å². The van der Waals surface area contributed by atoms with Crippen molar-refractivity contribution in [2.24, 2.45) is 0 Å². The van der Waals surface area contributed by atoms with Crippen LogP contribution in [0.1, 0.15) is 211 Å². The summed E-state index contributed by atoms with van der Waals surface area (Å²) in [5.41, 5.74) is 3.87. The Morgan fingerprint density at radius 2 is 0.784 bits per heavy atom. The molecule has 0 fully saturated rings. The van der Waals surface area contributed by atoms with Crippen LogP contribution in [0.2, 0.25) is 0 Å². The van der Waals surface area contributed by atoms with Crippen LogP contribution in [0.5, 0.6) is 5.75 Å². The molecular formula is C36H66O. The first kappa shape index (κ1) is 34.0. The quantitative estimate of drug-likeness (QED) is 0.136. The molecule has 1 heteroatoms. The van der Waals surface area contributed by atoms with Gasteiger partial charge in [0.1, 0.15) is 5.75 Å². The minimum atomic E-state index is 0.435. The summed E-state index contributed by atoms with van der Waals surface area (Å²) in [5, 5.41) is 11.2. The van der Waals surface area contributed by atoms with Crippen molar-refractivity contribution in [1.29, 1.82) is 0 Å². The summed E-state index contributed by atoms with van der Waals surface area (Å²) in [5.74, 6) is 2.04. The van der Waals surface area contributed by atoms with Gasteiger partial charge in [-0.2, -0.15) is 0 Å². The molecule has 216 valence electrons. The van der Waals surface area contributed by atoms with E-state index in [1.54, 1.807) is 0 Å². The molecule has 1 nitrogen and oxygen atoms in total. The summed E-state index contributed by atoms with van der Waals surface area (Å²) in [6.45, 7) is 13.9. The van der Waals surface area contributed by atoms with Crippen molar-refractivity contribution in [3.05, 3.63) is 28.8 Å². The number of hydrogen-bond donors (Lipinski definition) is 1. The molecule has 37 heavy (non-hydrogen) atoms. The Morgan fingerprint density at radius 1 is 0.459 bits per heavy atom. The number of phenols is 1. The molecule has 1 aromatic rings. The third-order valence-corrected chi connectivity index (χ3v) is 8.79. The van der Waals surface area contributed by atoms with Gasteiger partial charge in [0.25, 0.3) is 0 Å². The Labute approximate surface area is 233 Å². The molecular weight excluding hydrogens is 448 g/mol. The molecule has 0 bridgehead atoms. The molecule has 1 rings (SSSR count). The summed E-state index contributed by atoms with van der Waals surface area (Å²) < 4.78 is 0. The Hall–Kier alpha value is -0.980. The number of rotatable bonds is 24. The minimum absolute atomic E-state index is 0.435. The van der Waals surface area contributed by atoms with Crippen molar-refractivity contribution < 1.29 is 5.11 Å². The average Bonchev–Trinajstić information content (AvgIpc) is 2.90. The highest BCUT2D eigenvalue weighted by Gasteiger charge is 2.20. The van der Waals surface area contributed by atoms with Gasteiger partial charge in [0.2, 0.25) is 0 Å². The zero-order chi connectivity index (χ0) is 27.3. The smallest absolute Gasteiger partial charge is 0.122 e. The van der Waals surface area contributed by atoms with E-state index in [-0.39, 0.29) is 0 Å². The van der Waals surface area contributed by atoms with Crippen LogP contribution in [0.3, 0.4) is 0 Å². The van der Waals surface area contributed by atoms with Gasteiger partial charge in [-0.1, -0.05) is 169 Å². The van der Waals surface area contributed by atoms with Crippen molar-refractivity contribution in [3.8, 4) is 5.75 Å². The van der Waals surface area contributed by atoms with Gasteiger partial charge in [0, 0.05) is 0 Å². The lowest BCUT2D eigenvalue weighted by molar-refractivity contribution is 0.442. The third-order valence-electron chi connectivity index (χ3n) is 8.79. The zero-order valence-corrected chi connectivity index (χ0v) is 26.2. The van der Waals surface area contributed by atoms with Crippen LogP contribution in [0.15, 0.2) is 12.1 Å². The fraction of sp³-hybridized carbons (Fsp3) is 0.833. The molecule has 0 aliphatic rings. The molecule has 0 spiro atoms. The van der Waals surface area contributed by atoms with Crippen LogP contribution in [0.4, 0.5) is 0 Å². The first-order valence-corrected chi connectivity index (χ1v) is 16.8. The second kappa shape index (κ2) is 21.9. The number of benzene rings is 1. The van der Waals surface area contributed by atoms with Crippen LogP contribution in [-0.2, 0) is 0 Å². The van der Waals surface area contributed by atoms with Gasteiger partial charge in [-0.15, -0.1) is 0 Å². The van der Waals surface area contributed by atoms with Crippen LogP contribution < -0.4 is 0 Å². The van der Waals surface area contributed by atoms with E-state index in [9.17, 15) is 5.11 Å². The van der Waals surface area contributed by atoms with Crippen LogP contribution >= 0.6 is 0 Å². The second-order valence-electron chi connectivity index (χ2n) is 12.4. The normalized spacial score (nSPS) is 14.1. The number of unbranched alkanes of at least 4 members (excludes halogenated alkanes) is 15. The van der Waals surface area contributed by atoms with E-state index < -0.39 is 0 Å². The lowest BCUT2D eigenvalue weighted by atomic mass is 9.83. The van der Waals surface area contributed by atoms with Crippen molar-refractivity contribution in [1.82, 2.24) is 0 Å². The van der Waals surface area contributed by atoms with Crippen molar-refractivity contribution in [3.63, 3.8) is 0 Å². The van der Waals surface area contributed by atoms with Gasteiger partial charge in [0.15, 0.2) is 0 Å². The molecule has 0 aliphatic carbocycles. The minimum Gasteiger partial charge on any atom is -0.507 e. The molecule has 0 heterocycles. The van der Waals surface area contributed by atoms with E-state index in [0.29, 0.717) is 23.5 Å². The summed E-state index contributed by atoms with van der Waals surface area (Å²) in [6, 6.07) is 4.72. The van der Waals surface area contributed by atoms with Gasteiger partial charge in [-0.05, 0) is 53.7 Å². The maximum Gasteiger partial charge on any atom is 0.122 e. The predicted octanol–water partition coefficient (Wildman–Crippen LogP) is 13.0. The van der Waals surface area contributed by atoms with E-state index in [2.05, 4.69) is 53.7 Å². The second-order valence-corrected chi connectivity index (χ2v) is 12.4. The maximum atomic E-state index is 11.2. The molecule has 0 aromatic heterocycles. The predicted molar refractivity (Wildman–Crippen MR) is 167 cm³/mol. The molecule has 0 amide bonds. The highest BCUT2D eigenvalue weighted by atomic mass is 16.3. The molecule has 0 radical (unpaired) electrons. The fourth-order valence-corrected chi connectivity index (χ4v) is 5.88. The lowest BCUT2D eigenvalue weighted by Crippen LogP contribution is -2.05. The average molecular weight is 515 g/mol. The topological polar surface area (TPSA) is 20.2 Å². The monoisotopic (exact) mass is 515 g/mol. The summed E-state index contributed by atoms with van der Waals surface area (Å²) in [6.07, 6.45) is 28.4. The number of hydrogen-bond acceptors (Lipinski definition) is 1. The number of aromatic hydroxyl groups is 1. The highest BCUT2D eigenvalue weighted by molar-refractivity contribution is 5.48. The first-order chi connectivity index (χ1) is 18.0. The summed E-state index contributed by atoms with van der Waals surface area (Å²) in [7, 11) is 0. The molecule has 0 saturated heterocycles. The maximum absolute atomic E-state index is 11.2. The Balaban J connectivity index is 2.46. The van der Waals surface area contributed by atoms with Gasteiger partial charge in [-0.25, -0.2) is 0 Å². The molecule has 1 N–H and O–H groups in total. The van der Waals surface area contributed by atoms with E-state index in [1.807, 2.05) is 0 Å². The fourth-order valence-electron chi connectivity index (χ4n) is 5.88. The molecule has 0 saturated carbocycles. The highest BCUT2D eigenvalue weighted by Crippen LogP contribution is 2.40. The van der Waals surface area contributed by atoms with Gasteiger partial charge in [0.05, 0.1) is 0 Å². The zero-order valence-electron chi connectivity index (χ0n) is 26.2. The molecule has 3 atom stereocenters. The molecule has 0 aliphatic heterocycles. The van der Waals surface area contributed by atoms with Gasteiger partial charge >= 0.3 is 0 Å². The largest absolute Gasteiger partial charge is 0.507 e. The first-order valence-electron chi connectivity index (χ1n) is 16.8. The SMILES string of the molecule is CCCCCCCCCCCCCCCCC(C)c1cc(C(C)CCCC)c(O)c(C(C)CCCC)c1. The van der Waals surface area contributed by atoms with E-state index in [0.717, 1.165) is 0 Å². The van der Waals surface area contributed by atoms with Crippen LogP contribution in [0.25, 0.3) is 0 Å². The Bertz CT molecular complexity index is 628. The Kier molecular flexibility index (Phi) is 20.2.